The zero-order valence-corrected chi connectivity index (χ0v) is 15.8. The lowest BCUT2D eigenvalue weighted by molar-refractivity contribution is -0.160. The van der Waals surface area contributed by atoms with Crippen molar-refractivity contribution >= 4 is 11.9 Å². The van der Waals surface area contributed by atoms with Gasteiger partial charge in [-0.05, 0) is 50.8 Å². The predicted molar refractivity (Wildman–Crippen MR) is 98.2 cm³/mol. The molecule has 1 N–H and O–H groups in total. The minimum absolute atomic E-state index is 0.0287. The fourth-order valence-corrected chi connectivity index (χ4v) is 4.00. The number of fused-ring (bicyclic) bond motifs is 1. The van der Waals surface area contributed by atoms with Crippen LogP contribution in [0, 0.1) is 12.7 Å². The van der Waals surface area contributed by atoms with Crippen LogP contribution in [-0.2, 0) is 22.4 Å². The van der Waals surface area contributed by atoms with Gasteiger partial charge in [-0.25, -0.2) is 13.9 Å². The fourth-order valence-electron chi connectivity index (χ4n) is 4.00. The summed E-state index contributed by atoms with van der Waals surface area (Å²) in [6.45, 7) is 3.82. The number of rotatable bonds is 3. The molecule has 1 amide bonds. The number of benzene rings is 1. The Morgan fingerprint density at radius 3 is 2.79 bits per heavy atom. The lowest BCUT2D eigenvalue weighted by Gasteiger charge is -2.34. The second kappa shape index (κ2) is 7.01. The second-order valence-electron chi connectivity index (χ2n) is 7.48. The van der Waals surface area contributed by atoms with Gasteiger partial charge in [-0.15, -0.1) is 0 Å². The van der Waals surface area contributed by atoms with Gasteiger partial charge in [-0.2, -0.15) is 5.10 Å². The molecule has 1 aromatic carbocycles. The monoisotopic (exact) mass is 387 g/mol. The number of carbonyl (C=O) groups is 2. The van der Waals surface area contributed by atoms with Gasteiger partial charge in [0.25, 0.3) is 5.91 Å². The normalized spacial score (nSPS) is 21.6. The van der Waals surface area contributed by atoms with Crippen molar-refractivity contribution in [1.82, 2.24) is 14.7 Å². The molecule has 1 fully saturated rings. The predicted octanol–water partition coefficient (Wildman–Crippen LogP) is 2.12. The molecule has 148 valence electrons. The molecule has 4 rings (SSSR count). The third kappa shape index (κ3) is 3.17. The van der Waals surface area contributed by atoms with Crippen molar-refractivity contribution in [3.8, 4) is 5.69 Å². The molecule has 8 heteroatoms. The number of carboxylic acids is 1. The molecule has 0 spiro atoms. The van der Waals surface area contributed by atoms with Crippen molar-refractivity contribution in [2.75, 3.05) is 13.1 Å². The third-order valence-electron chi connectivity index (χ3n) is 5.29. The van der Waals surface area contributed by atoms with Gasteiger partial charge in [0.05, 0.1) is 12.6 Å². The molecule has 1 unspecified atom stereocenters. The highest BCUT2D eigenvalue weighted by Gasteiger charge is 2.36. The minimum atomic E-state index is -1.10. The maximum atomic E-state index is 14.5. The first-order valence-electron chi connectivity index (χ1n) is 9.40. The Morgan fingerprint density at radius 1 is 1.29 bits per heavy atom. The Balaban J connectivity index is 1.71. The molecule has 1 aliphatic carbocycles. The standard InChI is InChI=1S/C20H22FN3O4/c1-11-6-7-16(14(21)8-11)24-15-5-3-4-13(15)18(22-24)19(25)23-9-12(2)28-17(10-23)20(26)27/h6-8,12,17H,3-5,9-10H2,1-2H3,(H,26,27)/t12-,17?/m1/s1. The van der Waals surface area contributed by atoms with Crippen LogP contribution < -0.4 is 0 Å². The van der Waals surface area contributed by atoms with Crippen LogP contribution in [0.2, 0.25) is 0 Å². The number of halogens is 1. The van der Waals surface area contributed by atoms with Gasteiger partial charge in [0, 0.05) is 17.8 Å². The lowest BCUT2D eigenvalue weighted by Crippen LogP contribution is -2.52. The van der Waals surface area contributed by atoms with Crippen molar-refractivity contribution in [3.05, 3.63) is 46.5 Å². The van der Waals surface area contributed by atoms with E-state index in [-0.39, 0.29) is 30.1 Å². The third-order valence-corrected chi connectivity index (χ3v) is 5.29. The number of hydrogen-bond acceptors (Lipinski definition) is 4. The topological polar surface area (TPSA) is 84.7 Å². The summed E-state index contributed by atoms with van der Waals surface area (Å²) in [6.07, 6.45) is 0.853. The van der Waals surface area contributed by atoms with Crippen molar-refractivity contribution in [3.63, 3.8) is 0 Å². The summed E-state index contributed by atoms with van der Waals surface area (Å²) in [7, 11) is 0. The minimum Gasteiger partial charge on any atom is -0.479 e. The summed E-state index contributed by atoms with van der Waals surface area (Å²) >= 11 is 0. The van der Waals surface area contributed by atoms with E-state index >= 15 is 0 Å². The summed E-state index contributed by atoms with van der Waals surface area (Å²) in [5, 5.41) is 13.7. The molecule has 2 heterocycles. The Bertz CT molecular complexity index is 955. The highest BCUT2D eigenvalue weighted by atomic mass is 19.1. The van der Waals surface area contributed by atoms with E-state index in [4.69, 9.17) is 4.74 Å². The van der Waals surface area contributed by atoms with Gasteiger partial charge < -0.3 is 14.7 Å². The van der Waals surface area contributed by atoms with Crippen LogP contribution >= 0.6 is 0 Å². The van der Waals surface area contributed by atoms with Gasteiger partial charge in [0.1, 0.15) is 11.5 Å². The van der Waals surface area contributed by atoms with Crippen LogP contribution in [0.25, 0.3) is 5.69 Å². The average molecular weight is 387 g/mol. The number of morpholine rings is 1. The van der Waals surface area contributed by atoms with Crippen molar-refractivity contribution < 1.29 is 23.8 Å². The zero-order chi connectivity index (χ0) is 20.0. The summed E-state index contributed by atoms with van der Waals surface area (Å²) in [6, 6.07) is 4.92. The molecular weight excluding hydrogens is 365 g/mol. The maximum absolute atomic E-state index is 14.5. The number of ether oxygens (including phenoxy) is 1. The van der Waals surface area contributed by atoms with Gasteiger partial charge in [0.2, 0.25) is 0 Å². The van der Waals surface area contributed by atoms with E-state index in [0.717, 1.165) is 29.7 Å². The molecule has 0 saturated carbocycles. The molecule has 0 bridgehead atoms. The highest BCUT2D eigenvalue weighted by molar-refractivity contribution is 5.95. The van der Waals surface area contributed by atoms with Crippen molar-refractivity contribution in [2.45, 2.75) is 45.3 Å². The molecule has 0 radical (unpaired) electrons. The number of carbonyl (C=O) groups excluding carboxylic acids is 1. The summed E-state index contributed by atoms with van der Waals surface area (Å²) in [4.78, 5) is 26.0. The smallest absolute Gasteiger partial charge is 0.334 e. The summed E-state index contributed by atoms with van der Waals surface area (Å²) < 4.78 is 21.4. The number of aryl methyl sites for hydroxylation is 1. The molecule has 1 aliphatic heterocycles. The van der Waals surface area contributed by atoms with Crippen LogP contribution in [0.5, 0.6) is 0 Å². The van der Waals surface area contributed by atoms with E-state index in [2.05, 4.69) is 5.10 Å². The van der Waals surface area contributed by atoms with E-state index in [1.165, 1.54) is 15.6 Å². The largest absolute Gasteiger partial charge is 0.479 e. The summed E-state index contributed by atoms with van der Waals surface area (Å²) in [5.41, 5.74) is 3.09. The van der Waals surface area contributed by atoms with E-state index in [1.807, 2.05) is 13.0 Å². The first-order chi connectivity index (χ1) is 13.3. The van der Waals surface area contributed by atoms with Crippen LogP contribution in [0.3, 0.4) is 0 Å². The van der Waals surface area contributed by atoms with Gasteiger partial charge in [0.15, 0.2) is 11.8 Å². The molecule has 7 nitrogen and oxygen atoms in total. The molecule has 1 saturated heterocycles. The maximum Gasteiger partial charge on any atom is 0.334 e. The van der Waals surface area contributed by atoms with Crippen LogP contribution in [0.15, 0.2) is 18.2 Å². The average Bonchev–Trinajstić information content (AvgIpc) is 3.23. The SMILES string of the molecule is Cc1ccc(-n2nc(C(=O)N3CC(C(=O)O)O[C@H](C)C3)c3c2CCC3)c(F)c1. The molecule has 1 aromatic heterocycles. The number of hydrogen-bond donors (Lipinski definition) is 1. The first kappa shape index (κ1) is 18.6. The van der Waals surface area contributed by atoms with E-state index < -0.39 is 12.1 Å². The summed E-state index contributed by atoms with van der Waals surface area (Å²) in [5.74, 6) is -1.81. The fraction of sp³-hybridized carbons (Fsp3) is 0.450. The number of aliphatic carboxylic acids is 1. The van der Waals surface area contributed by atoms with Crippen molar-refractivity contribution in [1.29, 1.82) is 0 Å². The first-order valence-corrected chi connectivity index (χ1v) is 9.40. The van der Waals surface area contributed by atoms with Gasteiger partial charge in [-0.1, -0.05) is 6.07 Å². The Morgan fingerprint density at radius 2 is 2.07 bits per heavy atom. The van der Waals surface area contributed by atoms with Gasteiger partial charge >= 0.3 is 5.97 Å². The Labute approximate surface area is 161 Å². The number of aromatic nitrogens is 2. The van der Waals surface area contributed by atoms with E-state index in [1.54, 1.807) is 13.0 Å². The lowest BCUT2D eigenvalue weighted by atomic mass is 10.1. The molecule has 28 heavy (non-hydrogen) atoms. The molecular formula is C20H22FN3O4. The van der Waals surface area contributed by atoms with Crippen LogP contribution in [0.1, 0.15) is 40.7 Å². The highest BCUT2D eigenvalue weighted by Crippen LogP contribution is 2.30. The number of nitrogens with zero attached hydrogens (tertiary/aromatic N) is 3. The zero-order valence-electron chi connectivity index (χ0n) is 15.8. The molecule has 2 atom stereocenters. The van der Waals surface area contributed by atoms with Gasteiger partial charge in [-0.3, -0.25) is 4.79 Å². The Kier molecular flexibility index (Phi) is 4.66. The van der Waals surface area contributed by atoms with Crippen LogP contribution in [-0.4, -0.2) is 57.0 Å². The van der Waals surface area contributed by atoms with E-state index in [0.29, 0.717) is 18.7 Å². The van der Waals surface area contributed by atoms with E-state index in [9.17, 15) is 19.1 Å². The Hall–Kier alpha value is -2.74. The number of carboxylic acid groups (broad SMARTS) is 1. The number of amides is 1. The van der Waals surface area contributed by atoms with Crippen LogP contribution in [0.4, 0.5) is 4.39 Å². The second-order valence-corrected chi connectivity index (χ2v) is 7.48. The molecule has 2 aromatic rings. The molecule has 2 aliphatic rings. The van der Waals surface area contributed by atoms with Crippen molar-refractivity contribution in [2.24, 2.45) is 0 Å². The quantitative estimate of drug-likeness (QED) is 0.872.